The van der Waals surface area contributed by atoms with Crippen molar-refractivity contribution in [3.8, 4) is 11.8 Å². The lowest BCUT2D eigenvalue weighted by atomic mass is 9.63. The van der Waals surface area contributed by atoms with Gasteiger partial charge in [0.25, 0.3) is 0 Å². The Balaban J connectivity index is 1.35. The maximum atomic E-state index is 14.4. The number of rotatable bonds is 7. The zero-order valence-electron chi connectivity index (χ0n) is 21.0. The van der Waals surface area contributed by atoms with E-state index in [0.29, 0.717) is 24.3 Å². The normalized spacial score (nSPS) is 24.0. The van der Waals surface area contributed by atoms with Crippen LogP contribution in [0.15, 0.2) is 61.2 Å². The summed E-state index contributed by atoms with van der Waals surface area (Å²) in [5.41, 5.74) is 2.70. The fourth-order valence-corrected chi connectivity index (χ4v) is 6.16. The van der Waals surface area contributed by atoms with Crippen molar-refractivity contribution in [2.75, 3.05) is 0 Å². The maximum Gasteiger partial charge on any atom is 0.174 e. The number of halogens is 2. The van der Waals surface area contributed by atoms with Crippen LogP contribution in [0.2, 0.25) is 0 Å². The van der Waals surface area contributed by atoms with Gasteiger partial charge in [-0.2, -0.15) is 0 Å². The molecular weight excluding hydrogens is 434 g/mol. The number of benzene rings is 2. The second-order valence-electron chi connectivity index (χ2n) is 10.5. The van der Waals surface area contributed by atoms with Crippen LogP contribution in [0, 0.1) is 41.2 Å². The summed E-state index contributed by atoms with van der Waals surface area (Å²) < 4.78 is 28.7. The fraction of sp³-hybridized carbons (Fsp3) is 0.455. The highest BCUT2D eigenvalue weighted by molar-refractivity contribution is 5.45. The molecule has 35 heavy (non-hydrogen) atoms. The van der Waals surface area contributed by atoms with Crippen LogP contribution in [-0.2, 0) is 6.42 Å². The predicted molar refractivity (Wildman–Crippen MR) is 142 cm³/mol. The lowest BCUT2D eigenvalue weighted by Gasteiger charge is -2.42. The summed E-state index contributed by atoms with van der Waals surface area (Å²) in [7, 11) is 0. The van der Waals surface area contributed by atoms with E-state index in [1.807, 2.05) is 12.1 Å². The van der Waals surface area contributed by atoms with Gasteiger partial charge in [-0.1, -0.05) is 54.7 Å². The molecule has 4 atom stereocenters. The van der Waals surface area contributed by atoms with Crippen LogP contribution in [0.1, 0.15) is 92.9 Å². The molecule has 0 radical (unpaired) electrons. The van der Waals surface area contributed by atoms with E-state index in [9.17, 15) is 8.78 Å². The van der Waals surface area contributed by atoms with E-state index in [2.05, 4.69) is 49.6 Å². The highest BCUT2D eigenvalue weighted by atomic mass is 19.2. The van der Waals surface area contributed by atoms with Gasteiger partial charge < -0.3 is 0 Å². The third kappa shape index (κ3) is 6.52. The highest BCUT2D eigenvalue weighted by Crippen LogP contribution is 2.48. The van der Waals surface area contributed by atoms with Crippen molar-refractivity contribution in [2.24, 2.45) is 17.8 Å². The summed E-state index contributed by atoms with van der Waals surface area (Å²) >= 11 is 0. The molecule has 0 spiro atoms. The van der Waals surface area contributed by atoms with Gasteiger partial charge in [-0.25, -0.2) is 8.78 Å². The molecule has 0 nitrogen and oxygen atoms in total. The molecule has 0 N–H and O–H groups in total. The molecule has 2 aromatic carbocycles. The summed E-state index contributed by atoms with van der Waals surface area (Å²) in [5, 5.41) is 0. The molecule has 2 heteroatoms. The lowest BCUT2D eigenvalue weighted by molar-refractivity contribution is 0.115. The minimum Gasteiger partial charge on any atom is -0.203 e. The van der Waals surface area contributed by atoms with Gasteiger partial charge in [0.05, 0.1) is 5.56 Å². The summed E-state index contributed by atoms with van der Waals surface area (Å²) in [6, 6.07) is 11.6. The smallest absolute Gasteiger partial charge is 0.174 e. The van der Waals surface area contributed by atoms with E-state index in [0.717, 1.165) is 23.3 Å². The standard InChI is InChI=1S/C33H38F2/c1-3-5-7-8-25-13-17-31-23-30(21-20-29(31)22-25)26-14-10-24(11-15-26)12-16-28-19-18-27(9-6-4-2)32(34)33(28)35/h3-5,10-11,14-15,18-19,25,29-31H,2,6-9,13,17,20-23H2,1H3/b5-3+. The van der Waals surface area contributed by atoms with E-state index in [1.165, 1.54) is 56.9 Å². The van der Waals surface area contributed by atoms with Crippen molar-refractivity contribution in [3.05, 3.63) is 95.1 Å². The second-order valence-corrected chi connectivity index (χ2v) is 10.5. The van der Waals surface area contributed by atoms with Crippen LogP contribution in [0.4, 0.5) is 8.78 Å². The van der Waals surface area contributed by atoms with Crippen LogP contribution >= 0.6 is 0 Å². The van der Waals surface area contributed by atoms with Crippen LogP contribution in [0.3, 0.4) is 0 Å². The van der Waals surface area contributed by atoms with Crippen LogP contribution < -0.4 is 0 Å². The van der Waals surface area contributed by atoms with Crippen molar-refractivity contribution in [3.63, 3.8) is 0 Å². The number of aryl methyl sites for hydroxylation is 1. The molecule has 2 fully saturated rings. The molecule has 184 valence electrons. The quantitative estimate of drug-likeness (QED) is 0.278. The van der Waals surface area contributed by atoms with Gasteiger partial charge >= 0.3 is 0 Å². The molecule has 2 saturated carbocycles. The second kappa shape index (κ2) is 12.3. The molecule has 0 heterocycles. The van der Waals surface area contributed by atoms with Crippen molar-refractivity contribution >= 4 is 0 Å². The van der Waals surface area contributed by atoms with Gasteiger partial charge in [0.1, 0.15) is 0 Å². The SMILES string of the molecule is C=CCCc1ccc(C#Cc2ccc(C3CCC4CC(CC/C=C/C)CCC4C3)cc2)c(F)c1F. The van der Waals surface area contributed by atoms with E-state index < -0.39 is 11.6 Å². The Kier molecular flexibility index (Phi) is 8.97. The third-order valence-electron chi connectivity index (χ3n) is 8.20. The zero-order valence-corrected chi connectivity index (χ0v) is 21.0. The highest BCUT2D eigenvalue weighted by Gasteiger charge is 2.35. The first-order valence-electron chi connectivity index (χ1n) is 13.4. The Labute approximate surface area is 210 Å². The molecule has 4 rings (SSSR count). The monoisotopic (exact) mass is 472 g/mol. The van der Waals surface area contributed by atoms with E-state index in [-0.39, 0.29) is 5.56 Å². The van der Waals surface area contributed by atoms with Gasteiger partial charge in [-0.05, 0) is 118 Å². The van der Waals surface area contributed by atoms with Crippen LogP contribution in [0.25, 0.3) is 0 Å². The minimum atomic E-state index is -0.857. The summed E-state index contributed by atoms with van der Waals surface area (Å²) in [4.78, 5) is 0. The molecule has 0 bridgehead atoms. The zero-order chi connectivity index (χ0) is 24.6. The van der Waals surface area contributed by atoms with Gasteiger partial charge in [0.15, 0.2) is 11.6 Å². The van der Waals surface area contributed by atoms with Crippen molar-refractivity contribution in [2.45, 2.75) is 77.0 Å². The van der Waals surface area contributed by atoms with Crippen molar-refractivity contribution in [1.82, 2.24) is 0 Å². The number of hydrogen-bond acceptors (Lipinski definition) is 0. The number of fused-ring (bicyclic) bond motifs is 1. The summed E-state index contributed by atoms with van der Waals surface area (Å²) in [6.07, 6.45) is 18.0. The Hall–Kier alpha value is -2.66. The Morgan fingerprint density at radius 2 is 1.66 bits per heavy atom. The molecule has 0 saturated heterocycles. The van der Waals surface area contributed by atoms with Crippen LogP contribution in [0.5, 0.6) is 0 Å². The third-order valence-corrected chi connectivity index (χ3v) is 8.20. The largest absolute Gasteiger partial charge is 0.203 e. The summed E-state index contributed by atoms with van der Waals surface area (Å²) in [6.45, 7) is 5.75. The molecular formula is C33H38F2. The Bertz CT molecular complexity index is 1080. The molecule has 2 aliphatic rings. The molecule has 2 aliphatic carbocycles. The molecule has 4 unspecified atom stereocenters. The van der Waals surface area contributed by atoms with Gasteiger partial charge in [-0.15, -0.1) is 6.58 Å². The molecule has 2 aromatic rings. The lowest BCUT2D eigenvalue weighted by Crippen LogP contribution is -2.30. The molecule has 0 amide bonds. The predicted octanol–water partition coefficient (Wildman–Crippen LogP) is 9.14. The van der Waals surface area contributed by atoms with Gasteiger partial charge in [0.2, 0.25) is 0 Å². The first-order chi connectivity index (χ1) is 17.1. The Morgan fingerprint density at radius 1 is 0.886 bits per heavy atom. The first kappa shape index (κ1) is 25.4. The topological polar surface area (TPSA) is 0 Å². The average molecular weight is 473 g/mol. The Morgan fingerprint density at radius 3 is 2.43 bits per heavy atom. The van der Waals surface area contributed by atoms with E-state index >= 15 is 0 Å². The average Bonchev–Trinajstić information content (AvgIpc) is 2.89. The van der Waals surface area contributed by atoms with Gasteiger partial charge in [-0.3, -0.25) is 0 Å². The van der Waals surface area contributed by atoms with Crippen molar-refractivity contribution < 1.29 is 8.78 Å². The summed E-state index contributed by atoms with van der Waals surface area (Å²) in [5.74, 6) is 7.53. The maximum absolute atomic E-state index is 14.4. The fourth-order valence-electron chi connectivity index (χ4n) is 6.16. The number of allylic oxidation sites excluding steroid dienone is 3. The van der Waals surface area contributed by atoms with Gasteiger partial charge in [0, 0.05) is 5.56 Å². The number of hydrogen-bond donors (Lipinski definition) is 0. The van der Waals surface area contributed by atoms with Crippen LogP contribution in [-0.4, -0.2) is 0 Å². The molecule has 0 aromatic heterocycles. The molecule has 0 aliphatic heterocycles. The minimum absolute atomic E-state index is 0.105. The van der Waals surface area contributed by atoms with E-state index in [4.69, 9.17) is 0 Å². The van der Waals surface area contributed by atoms with Crippen molar-refractivity contribution in [1.29, 1.82) is 0 Å². The van der Waals surface area contributed by atoms with E-state index in [1.54, 1.807) is 18.2 Å². The first-order valence-corrected chi connectivity index (χ1v) is 13.4.